The highest BCUT2D eigenvalue weighted by molar-refractivity contribution is 5.39. The summed E-state index contributed by atoms with van der Waals surface area (Å²) in [7, 11) is 0. The van der Waals surface area contributed by atoms with Crippen LogP contribution in [-0.4, -0.2) is 5.11 Å². The molecule has 1 unspecified atom stereocenters. The van der Waals surface area contributed by atoms with E-state index >= 15 is 0 Å². The third-order valence-electron chi connectivity index (χ3n) is 3.15. The molecule has 0 spiro atoms. The van der Waals surface area contributed by atoms with Gasteiger partial charge in [0, 0.05) is 5.56 Å². The van der Waals surface area contributed by atoms with E-state index in [2.05, 4.69) is 0 Å². The number of aliphatic hydroxyl groups excluding tert-OH is 1. The van der Waals surface area contributed by atoms with E-state index in [0.717, 1.165) is 16.7 Å². The van der Waals surface area contributed by atoms with Gasteiger partial charge in [0.2, 0.25) is 0 Å². The number of hydrogen-bond donors (Lipinski definition) is 1. The molecule has 1 N–H and O–H groups in total. The van der Waals surface area contributed by atoms with Crippen LogP contribution in [0.15, 0.2) is 36.4 Å². The van der Waals surface area contributed by atoms with Gasteiger partial charge in [-0.2, -0.15) is 0 Å². The van der Waals surface area contributed by atoms with E-state index < -0.39 is 6.10 Å². The van der Waals surface area contributed by atoms with Crippen LogP contribution in [0.3, 0.4) is 0 Å². The highest BCUT2D eigenvalue weighted by atomic mass is 19.1. The van der Waals surface area contributed by atoms with Crippen LogP contribution in [-0.2, 0) is 0 Å². The van der Waals surface area contributed by atoms with Gasteiger partial charge in [0.25, 0.3) is 0 Å². The summed E-state index contributed by atoms with van der Waals surface area (Å²) in [5, 5.41) is 10.3. The molecule has 0 saturated heterocycles. The molecule has 0 amide bonds. The van der Waals surface area contributed by atoms with E-state index in [0.29, 0.717) is 11.1 Å². The van der Waals surface area contributed by atoms with Gasteiger partial charge in [-0.05, 0) is 43.5 Å². The Bertz CT molecular complexity index is 535. The third kappa shape index (κ3) is 2.44. The minimum Gasteiger partial charge on any atom is -0.384 e. The van der Waals surface area contributed by atoms with Crippen molar-refractivity contribution in [3.8, 4) is 0 Å². The fourth-order valence-corrected chi connectivity index (χ4v) is 2.19. The first kappa shape index (κ1) is 12.8. The molecule has 1 nitrogen and oxygen atoms in total. The van der Waals surface area contributed by atoms with Crippen LogP contribution < -0.4 is 0 Å². The second-order valence-corrected chi connectivity index (χ2v) is 4.79. The molecular weight excluding hydrogens is 227 g/mol. The molecule has 0 aliphatic carbocycles. The Hall–Kier alpha value is -1.67. The molecule has 0 heterocycles. The van der Waals surface area contributed by atoms with Crippen molar-refractivity contribution in [1.29, 1.82) is 0 Å². The summed E-state index contributed by atoms with van der Waals surface area (Å²) in [4.78, 5) is 0. The molecule has 2 rings (SSSR count). The molecule has 94 valence electrons. The van der Waals surface area contributed by atoms with Gasteiger partial charge < -0.3 is 5.11 Å². The Morgan fingerprint density at radius 1 is 0.944 bits per heavy atom. The molecule has 0 radical (unpaired) electrons. The molecule has 0 aromatic heterocycles. The number of halogens is 1. The summed E-state index contributed by atoms with van der Waals surface area (Å²) in [6.45, 7) is 5.65. The van der Waals surface area contributed by atoms with Gasteiger partial charge in [-0.3, -0.25) is 0 Å². The molecule has 0 saturated carbocycles. The molecule has 0 aliphatic heterocycles. The van der Waals surface area contributed by atoms with Crippen molar-refractivity contribution >= 4 is 0 Å². The fourth-order valence-electron chi connectivity index (χ4n) is 2.19. The largest absolute Gasteiger partial charge is 0.384 e. The summed E-state index contributed by atoms with van der Waals surface area (Å²) in [6, 6.07) is 10.8. The molecule has 0 fully saturated rings. The quantitative estimate of drug-likeness (QED) is 0.851. The van der Waals surface area contributed by atoms with Gasteiger partial charge in [0.15, 0.2) is 0 Å². The summed E-state index contributed by atoms with van der Waals surface area (Å²) in [5.74, 6) is -0.347. The van der Waals surface area contributed by atoms with Gasteiger partial charge in [0.1, 0.15) is 11.9 Å². The van der Waals surface area contributed by atoms with Crippen molar-refractivity contribution in [3.05, 3.63) is 70.0 Å². The van der Waals surface area contributed by atoms with E-state index in [9.17, 15) is 9.50 Å². The maximum absolute atomic E-state index is 14.0. The smallest absolute Gasteiger partial charge is 0.129 e. The maximum Gasteiger partial charge on any atom is 0.129 e. The average Bonchev–Trinajstić information content (AvgIpc) is 2.28. The van der Waals surface area contributed by atoms with E-state index in [4.69, 9.17) is 0 Å². The van der Waals surface area contributed by atoms with Crippen molar-refractivity contribution < 1.29 is 9.50 Å². The summed E-state index contributed by atoms with van der Waals surface area (Å²) in [5.41, 5.74) is 3.84. The van der Waals surface area contributed by atoms with Crippen molar-refractivity contribution in [1.82, 2.24) is 0 Å². The first-order chi connectivity index (χ1) is 8.49. The molecule has 2 aromatic carbocycles. The molecule has 1 atom stereocenters. The fraction of sp³-hybridized carbons (Fsp3) is 0.250. The molecule has 18 heavy (non-hydrogen) atoms. The predicted octanol–water partition coefficient (Wildman–Crippen LogP) is 3.83. The van der Waals surface area contributed by atoms with Crippen LogP contribution in [0.4, 0.5) is 4.39 Å². The summed E-state index contributed by atoms with van der Waals surface area (Å²) >= 11 is 0. The van der Waals surface area contributed by atoms with Crippen LogP contribution >= 0.6 is 0 Å². The Morgan fingerprint density at radius 2 is 1.56 bits per heavy atom. The highest BCUT2D eigenvalue weighted by Gasteiger charge is 2.17. The zero-order valence-corrected chi connectivity index (χ0v) is 10.9. The van der Waals surface area contributed by atoms with Gasteiger partial charge in [-0.25, -0.2) is 4.39 Å². The highest BCUT2D eigenvalue weighted by Crippen LogP contribution is 2.28. The lowest BCUT2D eigenvalue weighted by Gasteiger charge is -2.16. The van der Waals surface area contributed by atoms with Crippen LogP contribution in [0.25, 0.3) is 0 Å². The summed E-state index contributed by atoms with van der Waals surface area (Å²) in [6.07, 6.45) is -0.911. The first-order valence-electron chi connectivity index (χ1n) is 6.00. The molecule has 2 heteroatoms. The predicted molar refractivity (Wildman–Crippen MR) is 71.1 cm³/mol. The average molecular weight is 244 g/mol. The maximum atomic E-state index is 14.0. The van der Waals surface area contributed by atoms with Crippen molar-refractivity contribution in [3.63, 3.8) is 0 Å². The Balaban J connectivity index is 2.46. The first-order valence-corrected chi connectivity index (χ1v) is 6.00. The van der Waals surface area contributed by atoms with Crippen LogP contribution in [0.5, 0.6) is 0 Å². The summed E-state index contributed by atoms with van der Waals surface area (Å²) < 4.78 is 14.0. The van der Waals surface area contributed by atoms with Gasteiger partial charge in [-0.1, -0.05) is 35.9 Å². The third-order valence-corrected chi connectivity index (χ3v) is 3.15. The lowest BCUT2D eigenvalue weighted by atomic mass is 9.95. The lowest BCUT2D eigenvalue weighted by molar-refractivity contribution is 0.214. The zero-order chi connectivity index (χ0) is 13.3. The van der Waals surface area contributed by atoms with Crippen molar-refractivity contribution in [2.45, 2.75) is 26.9 Å². The number of aryl methyl sites for hydroxylation is 3. The standard InChI is InChI=1S/C16H17FO/c1-10-4-6-13(7-5-10)16(18)15-12(3)8-11(2)9-14(15)17/h4-9,16,18H,1-3H3. The number of benzene rings is 2. The van der Waals surface area contributed by atoms with Crippen molar-refractivity contribution in [2.75, 3.05) is 0 Å². The number of aliphatic hydroxyl groups is 1. The van der Waals surface area contributed by atoms with Gasteiger partial charge in [-0.15, -0.1) is 0 Å². The Morgan fingerprint density at radius 3 is 2.11 bits per heavy atom. The molecule has 0 aliphatic rings. The number of hydrogen-bond acceptors (Lipinski definition) is 1. The topological polar surface area (TPSA) is 20.2 Å². The number of rotatable bonds is 2. The molecule has 2 aromatic rings. The van der Waals surface area contributed by atoms with Gasteiger partial charge >= 0.3 is 0 Å². The normalized spacial score (nSPS) is 12.5. The lowest BCUT2D eigenvalue weighted by Crippen LogP contribution is -2.05. The van der Waals surface area contributed by atoms with Gasteiger partial charge in [0.05, 0.1) is 0 Å². The van der Waals surface area contributed by atoms with Crippen LogP contribution in [0.2, 0.25) is 0 Å². The van der Waals surface area contributed by atoms with E-state index in [-0.39, 0.29) is 5.82 Å². The second kappa shape index (κ2) is 4.91. The van der Waals surface area contributed by atoms with Crippen LogP contribution in [0, 0.1) is 26.6 Å². The minimum atomic E-state index is -0.911. The van der Waals surface area contributed by atoms with Crippen LogP contribution in [0.1, 0.15) is 33.9 Å². The minimum absolute atomic E-state index is 0.347. The Kier molecular flexibility index (Phi) is 3.48. The van der Waals surface area contributed by atoms with E-state index in [1.54, 1.807) is 0 Å². The Labute approximate surface area is 107 Å². The second-order valence-electron chi connectivity index (χ2n) is 4.79. The zero-order valence-electron chi connectivity index (χ0n) is 10.9. The molecule has 0 bridgehead atoms. The monoisotopic (exact) mass is 244 g/mol. The SMILES string of the molecule is Cc1ccc(C(O)c2c(C)cc(C)cc2F)cc1. The molecular formula is C16H17FO. The van der Waals surface area contributed by atoms with E-state index in [1.165, 1.54) is 6.07 Å². The van der Waals surface area contributed by atoms with E-state index in [1.807, 2.05) is 51.1 Å². The van der Waals surface area contributed by atoms with Crippen molar-refractivity contribution in [2.24, 2.45) is 0 Å².